The van der Waals surface area contributed by atoms with Gasteiger partial charge in [-0.05, 0) is 54.8 Å². The summed E-state index contributed by atoms with van der Waals surface area (Å²) < 4.78 is 5.84. The minimum absolute atomic E-state index is 0.0130. The Kier molecular flexibility index (Phi) is 7.29. The highest BCUT2D eigenvalue weighted by atomic mass is 35.5. The number of aromatic nitrogens is 1. The van der Waals surface area contributed by atoms with E-state index in [0.29, 0.717) is 36.2 Å². The number of amides is 1. The number of aryl methyl sites for hydroxylation is 1. The van der Waals surface area contributed by atoms with E-state index in [1.165, 1.54) is 0 Å². The van der Waals surface area contributed by atoms with Crippen LogP contribution in [-0.2, 0) is 13.2 Å². The van der Waals surface area contributed by atoms with E-state index in [1.54, 1.807) is 35.6 Å². The molecule has 29 heavy (non-hydrogen) atoms. The lowest BCUT2D eigenvalue weighted by Crippen LogP contribution is -2.33. The van der Waals surface area contributed by atoms with Gasteiger partial charge in [0.15, 0.2) is 0 Å². The SMILES string of the molecule is Cc1cccc(OCc2nc(CN(CC(C)C)C(=O)c3ccc(Cl)cc3)cs2)c1. The lowest BCUT2D eigenvalue weighted by Gasteiger charge is -2.24. The van der Waals surface area contributed by atoms with Crippen LogP contribution in [0.1, 0.15) is 40.5 Å². The quantitative estimate of drug-likeness (QED) is 0.443. The van der Waals surface area contributed by atoms with Crippen LogP contribution >= 0.6 is 22.9 Å². The second-order valence-electron chi connectivity index (χ2n) is 7.42. The van der Waals surface area contributed by atoms with Crippen LogP contribution in [0.3, 0.4) is 0 Å². The Morgan fingerprint density at radius 2 is 1.97 bits per heavy atom. The van der Waals surface area contributed by atoms with Crippen molar-refractivity contribution >= 4 is 28.8 Å². The zero-order chi connectivity index (χ0) is 20.8. The molecule has 0 saturated heterocycles. The largest absolute Gasteiger partial charge is 0.486 e. The highest BCUT2D eigenvalue weighted by molar-refractivity contribution is 7.09. The Bertz CT molecular complexity index is 954. The van der Waals surface area contributed by atoms with Gasteiger partial charge in [-0.3, -0.25) is 4.79 Å². The first-order valence-corrected chi connectivity index (χ1v) is 10.8. The number of rotatable bonds is 8. The van der Waals surface area contributed by atoms with Crippen LogP contribution in [0.2, 0.25) is 5.02 Å². The summed E-state index contributed by atoms with van der Waals surface area (Å²) in [5.41, 5.74) is 2.67. The van der Waals surface area contributed by atoms with Gasteiger partial charge >= 0.3 is 0 Å². The summed E-state index contributed by atoms with van der Waals surface area (Å²) in [5.74, 6) is 1.18. The first kappa shape index (κ1) is 21.3. The maximum absolute atomic E-state index is 13.0. The molecule has 0 saturated carbocycles. The van der Waals surface area contributed by atoms with E-state index < -0.39 is 0 Å². The standard InChI is InChI=1S/C23H25ClN2O2S/c1-16(2)12-26(23(27)18-7-9-19(24)10-8-18)13-20-15-29-22(25-20)14-28-21-6-4-5-17(3)11-21/h4-11,15-16H,12-14H2,1-3H3. The molecule has 0 aliphatic carbocycles. The summed E-state index contributed by atoms with van der Waals surface area (Å²) in [5, 5.41) is 3.51. The Hall–Kier alpha value is -2.37. The highest BCUT2D eigenvalue weighted by Gasteiger charge is 2.19. The first-order valence-electron chi connectivity index (χ1n) is 9.58. The molecule has 1 aromatic heterocycles. The molecule has 1 heterocycles. The molecular weight excluding hydrogens is 404 g/mol. The number of benzene rings is 2. The van der Waals surface area contributed by atoms with Crippen molar-refractivity contribution in [3.8, 4) is 5.75 Å². The number of halogens is 1. The van der Waals surface area contributed by atoms with Crippen molar-refractivity contribution in [2.24, 2.45) is 5.92 Å². The van der Waals surface area contributed by atoms with Gasteiger partial charge < -0.3 is 9.64 Å². The van der Waals surface area contributed by atoms with Gasteiger partial charge in [0.2, 0.25) is 0 Å². The zero-order valence-electron chi connectivity index (χ0n) is 16.9. The second-order valence-corrected chi connectivity index (χ2v) is 8.80. The van der Waals surface area contributed by atoms with Crippen molar-refractivity contribution in [2.45, 2.75) is 33.9 Å². The maximum atomic E-state index is 13.0. The summed E-state index contributed by atoms with van der Waals surface area (Å²) >= 11 is 7.50. The number of hydrogen-bond acceptors (Lipinski definition) is 4. The van der Waals surface area contributed by atoms with Crippen molar-refractivity contribution in [1.29, 1.82) is 0 Å². The van der Waals surface area contributed by atoms with Crippen molar-refractivity contribution in [2.75, 3.05) is 6.54 Å². The first-order chi connectivity index (χ1) is 13.9. The molecule has 1 amide bonds. The Balaban J connectivity index is 1.66. The molecule has 0 unspecified atom stereocenters. The van der Waals surface area contributed by atoms with Crippen LogP contribution in [0.4, 0.5) is 0 Å². The number of thiazole rings is 1. The summed E-state index contributed by atoms with van der Waals surface area (Å²) in [6, 6.07) is 15.0. The predicted octanol–water partition coefficient (Wildman–Crippen LogP) is 5.98. The van der Waals surface area contributed by atoms with E-state index in [-0.39, 0.29) is 5.91 Å². The third kappa shape index (κ3) is 6.31. The van der Waals surface area contributed by atoms with Gasteiger partial charge in [0.1, 0.15) is 17.4 Å². The van der Waals surface area contributed by atoms with Crippen LogP contribution in [0.15, 0.2) is 53.9 Å². The summed E-state index contributed by atoms with van der Waals surface area (Å²) in [6.07, 6.45) is 0. The molecule has 2 aromatic carbocycles. The normalized spacial score (nSPS) is 10.9. The van der Waals surface area contributed by atoms with Gasteiger partial charge in [0.25, 0.3) is 5.91 Å². The maximum Gasteiger partial charge on any atom is 0.254 e. The predicted molar refractivity (Wildman–Crippen MR) is 119 cm³/mol. The molecule has 0 radical (unpaired) electrons. The molecule has 0 fully saturated rings. The van der Waals surface area contributed by atoms with Gasteiger partial charge in [-0.15, -0.1) is 11.3 Å². The molecular formula is C23H25ClN2O2S. The van der Waals surface area contributed by atoms with E-state index in [1.807, 2.05) is 41.5 Å². The Morgan fingerprint density at radius 3 is 2.66 bits per heavy atom. The fourth-order valence-electron chi connectivity index (χ4n) is 2.97. The molecule has 0 spiro atoms. The summed E-state index contributed by atoms with van der Waals surface area (Å²) in [6.45, 7) is 7.79. The van der Waals surface area contributed by atoms with Crippen LogP contribution in [-0.4, -0.2) is 22.3 Å². The minimum Gasteiger partial charge on any atom is -0.486 e. The second kappa shape index (κ2) is 9.90. The van der Waals surface area contributed by atoms with E-state index in [0.717, 1.165) is 22.0 Å². The number of hydrogen-bond donors (Lipinski definition) is 0. The van der Waals surface area contributed by atoms with Crippen LogP contribution in [0.25, 0.3) is 0 Å². The third-order valence-corrected chi connectivity index (χ3v) is 5.39. The number of carbonyl (C=O) groups excluding carboxylic acids is 1. The summed E-state index contributed by atoms with van der Waals surface area (Å²) in [7, 11) is 0. The van der Waals surface area contributed by atoms with Crippen molar-refractivity contribution in [1.82, 2.24) is 9.88 Å². The monoisotopic (exact) mass is 428 g/mol. The van der Waals surface area contributed by atoms with Crippen molar-refractivity contribution < 1.29 is 9.53 Å². The Morgan fingerprint density at radius 1 is 1.21 bits per heavy atom. The van der Waals surface area contributed by atoms with E-state index in [9.17, 15) is 4.79 Å². The van der Waals surface area contributed by atoms with Gasteiger partial charge in [-0.2, -0.15) is 0 Å². The third-order valence-electron chi connectivity index (χ3n) is 4.27. The molecule has 152 valence electrons. The summed E-state index contributed by atoms with van der Waals surface area (Å²) in [4.78, 5) is 19.5. The molecule has 3 aromatic rings. The van der Waals surface area contributed by atoms with Gasteiger partial charge in [-0.1, -0.05) is 37.6 Å². The number of carbonyl (C=O) groups is 1. The highest BCUT2D eigenvalue weighted by Crippen LogP contribution is 2.19. The molecule has 4 nitrogen and oxygen atoms in total. The molecule has 0 atom stereocenters. The van der Waals surface area contributed by atoms with E-state index >= 15 is 0 Å². The van der Waals surface area contributed by atoms with E-state index in [2.05, 4.69) is 18.8 Å². The molecule has 0 aliphatic heterocycles. The van der Waals surface area contributed by atoms with Crippen molar-refractivity contribution in [3.05, 3.63) is 80.8 Å². The van der Waals surface area contributed by atoms with Crippen molar-refractivity contribution in [3.63, 3.8) is 0 Å². The number of ether oxygens (including phenoxy) is 1. The fraction of sp³-hybridized carbons (Fsp3) is 0.304. The van der Waals surface area contributed by atoms with Crippen LogP contribution in [0.5, 0.6) is 5.75 Å². The zero-order valence-corrected chi connectivity index (χ0v) is 18.5. The molecule has 6 heteroatoms. The minimum atomic E-state index is -0.0130. The average molecular weight is 429 g/mol. The van der Waals surface area contributed by atoms with Gasteiger partial charge in [0.05, 0.1) is 12.2 Å². The average Bonchev–Trinajstić information content (AvgIpc) is 3.13. The lowest BCUT2D eigenvalue weighted by molar-refractivity contribution is 0.0720. The van der Waals surface area contributed by atoms with Gasteiger partial charge in [-0.25, -0.2) is 4.98 Å². The van der Waals surface area contributed by atoms with Gasteiger partial charge in [0, 0.05) is 22.5 Å². The molecule has 0 bridgehead atoms. The molecule has 0 N–H and O–H groups in total. The Labute approximate surface area is 181 Å². The topological polar surface area (TPSA) is 42.4 Å². The smallest absolute Gasteiger partial charge is 0.254 e. The van der Waals surface area contributed by atoms with Crippen LogP contribution < -0.4 is 4.74 Å². The van der Waals surface area contributed by atoms with Crippen LogP contribution in [0, 0.1) is 12.8 Å². The molecule has 3 rings (SSSR count). The van der Waals surface area contributed by atoms with E-state index in [4.69, 9.17) is 16.3 Å². The lowest BCUT2D eigenvalue weighted by atomic mass is 10.1. The molecule has 0 aliphatic rings. The number of nitrogens with zero attached hydrogens (tertiary/aromatic N) is 2. The fourth-order valence-corrected chi connectivity index (χ4v) is 3.79.